The molecule has 1 aliphatic carbocycles. The maximum atomic E-state index is 11.7. The molecule has 1 fully saturated rings. The van der Waals surface area contributed by atoms with Gasteiger partial charge in [-0.3, -0.25) is 0 Å². The van der Waals surface area contributed by atoms with Crippen molar-refractivity contribution in [2.24, 2.45) is 0 Å². The Hall–Kier alpha value is -0.260. The average Bonchev–Trinajstić information content (AvgIpc) is 2.38. The zero-order valence-corrected chi connectivity index (χ0v) is 14.5. The largest absolute Gasteiger partial charge is 0.490 e. The molecule has 0 bridgehead atoms. The molecular formula is C14H18BrClO3S. The third-order valence-electron chi connectivity index (χ3n) is 3.69. The first kappa shape index (κ1) is 16.1. The molecule has 1 aromatic rings. The van der Waals surface area contributed by atoms with Gasteiger partial charge in [0, 0.05) is 28.6 Å². The SMILES string of the molecule is CS(=O)(=O)C1CCCC(Oc2cccc(Cl)c2CBr)C1. The summed E-state index contributed by atoms with van der Waals surface area (Å²) in [6, 6.07) is 5.55. The van der Waals surface area contributed by atoms with Gasteiger partial charge < -0.3 is 4.74 Å². The minimum absolute atomic E-state index is 0.0558. The van der Waals surface area contributed by atoms with Gasteiger partial charge in [0.1, 0.15) is 15.6 Å². The topological polar surface area (TPSA) is 43.4 Å². The molecule has 0 saturated heterocycles. The highest BCUT2D eigenvalue weighted by molar-refractivity contribution is 9.08. The molecule has 0 spiro atoms. The van der Waals surface area contributed by atoms with Crippen LogP contribution in [0, 0.1) is 0 Å². The molecule has 0 radical (unpaired) electrons. The summed E-state index contributed by atoms with van der Waals surface area (Å²) in [6.07, 6.45) is 4.32. The summed E-state index contributed by atoms with van der Waals surface area (Å²) in [7, 11) is -2.99. The van der Waals surface area contributed by atoms with E-state index in [2.05, 4.69) is 15.9 Å². The molecule has 2 unspecified atom stereocenters. The predicted octanol–water partition coefficient (Wildman–Crippen LogP) is 3.97. The molecule has 2 atom stereocenters. The first-order valence-electron chi connectivity index (χ1n) is 6.60. The van der Waals surface area contributed by atoms with Crippen LogP contribution in [-0.4, -0.2) is 26.0 Å². The molecule has 0 amide bonds. The summed E-state index contributed by atoms with van der Waals surface area (Å²) in [5.74, 6) is 0.744. The fourth-order valence-electron chi connectivity index (χ4n) is 2.56. The smallest absolute Gasteiger partial charge is 0.150 e. The van der Waals surface area contributed by atoms with E-state index in [4.69, 9.17) is 16.3 Å². The monoisotopic (exact) mass is 380 g/mol. The summed E-state index contributed by atoms with van der Waals surface area (Å²) >= 11 is 9.55. The van der Waals surface area contributed by atoms with Gasteiger partial charge in [-0.1, -0.05) is 33.6 Å². The Morgan fingerprint density at radius 1 is 1.40 bits per heavy atom. The molecule has 1 saturated carbocycles. The molecule has 1 aromatic carbocycles. The van der Waals surface area contributed by atoms with E-state index in [-0.39, 0.29) is 11.4 Å². The molecule has 2 rings (SSSR count). The van der Waals surface area contributed by atoms with Gasteiger partial charge in [-0.15, -0.1) is 0 Å². The van der Waals surface area contributed by atoms with Gasteiger partial charge in [-0.05, 0) is 31.4 Å². The summed E-state index contributed by atoms with van der Waals surface area (Å²) < 4.78 is 29.4. The Balaban J connectivity index is 2.12. The lowest BCUT2D eigenvalue weighted by molar-refractivity contribution is 0.155. The number of hydrogen-bond donors (Lipinski definition) is 0. The van der Waals surface area contributed by atoms with E-state index >= 15 is 0 Å². The maximum Gasteiger partial charge on any atom is 0.150 e. The van der Waals surface area contributed by atoms with Crippen LogP contribution in [0.15, 0.2) is 18.2 Å². The molecule has 20 heavy (non-hydrogen) atoms. The van der Waals surface area contributed by atoms with E-state index in [1.165, 1.54) is 6.26 Å². The van der Waals surface area contributed by atoms with E-state index in [0.29, 0.717) is 16.8 Å². The molecule has 0 N–H and O–H groups in total. The van der Waals surface area contributed by atoms with Crippen LogP contribution in [0.3, 0.4) is 0 Å². The number of alkyl halides is 1. The van der Waals surface area contributed by atoms with Gasteiger partial charge in [-0.25, -0.2) is 8.42 Å². The number of sulfone groups is 1. The van der Waals surface area contributed by atoms with Crippen molar-refractivity contribution >= 4 is 37.4 Å². The fourth-order valence-corrected chi connectivity index (χ4v) is 4.69. The molecule has 0 aliphatic heterocycles. The number of hydrogen-bond acceptors (Lipinski definition) is 3. The van der Waals surface area contributed by atoms with Gasteiger partial charge in [0.2, 0.25) is 0 Å². The highest BCUT2D eigenvalue weighted by Crippen LogP contribution is 2.32. The van der Waals surface area contributed by atoms with Crippen LogP contribution in [0.2, 0.25) is 5.02 Å². The summed E-state index contributed by atoms with van der Waals surface area (Å²) in [5, 5.41) is 0.993. The minimum atomic E-state index is -2.99. The normalized spacial score (nSPS) is 23.6. The lowest BCUT2D eigenvalue weighted by Gasteiger charge is -2.29. The van der Waals surface area contributed by atoms with Crippen molar-refractivity contribution in [2.45, 2.75) is 42.4 Å². The lowest BCUT2D eigenvalue weighted by Crippen LogP contribution is -2.33. The highest BCUT2D eigenvalue weighted by Gasteiger charge is 2.30. The van der Waals surface area contributed by atoms with E-state index in [1.54, 1.807) is 0 Å². The molecule has 112 valence electrons. The zero-order chi connectivity index (χ0) is 14.8. The van der Waals surface area contributed by atoms with Crippen LogP contribution in [0.5, 0.6) is 5.75 Å². The quantitative estimate of drug-likeness (QED) is 0.741. The molecule has 0 aromatic heterocycles. The van der Waals surface area contributed by atoms with Gasteiger partial charge >= 0.3 is 0 Å². The van der Waals surface area contributed by atoms with Crippen LogP contribution in [-0.2, 0) is 15.2 Å². The first-order valence-corrected chi connectivity index (χ1v) is 10.1. The number of benzene rings is 1. The fraction of sp³-hybridized carbons (Fsp3) is 0.571. The van der Waals surface area contributed by atoms with Crippen molar-refractivity contribution in [1.29, 1.82) is 0 Å². The predicted molar refractivity (Wildman–Crippen MR) is 85.6 cm³/mol. The van der Waals surface area contributed by atoms with Crippen molar-refractivity contribution in [1.82, 2.24) is 0 Å². The Labute approximate surface area is 133 Å². The number of ether oxygens (including phenoxy) is 1. The standard InChI is InChI=1S/C14H18BrClO3S/c1-20(17,18)11-5-2-4-10(8-11)19-14-7-3-6-13(16)12(14)9-15/h3,6-7,10-11H,2,4-5,8-9H2,1H3. The third kappa shape index (κ3) is 3.89. The number of halogens is 2. The second-order valence-electron chi connectivity index (χ2n) is 5.21. The van der Waals surface area contributed by atoms with E-state index < -0.39 is 9.84 Å². The number of rotatable bonds is 4. The molecule has 1 aliphatic rings. The lowest BCUT2D eigenvalue weighted by atomic mass is 9.97. The average molecular weight is 382 g/mol. The summed E-state index contributed by atoms with van der Waals surface area (Å²) in [5.41, 5.74) is 0.913. The van der Waals surface area contributed by atoms with Crippen LogP contribution < -0.4 is 4.74 Å². The zero-order valence-electron chi connectivity index (χ0n) is 11.3. The summed E-state index contributed by atoms with van der Waals surface area (Å²) in [6.45, 7) is 0. The van der Waals surface area contributed by atoms with Crippen molar-refractivity contribution in [2.75, 3.05) is 6.26 Å². The van der Waals surface area contributed by atoms with Gasteiger partial charge in [0.05, 0.1) is 11.4 Å². The Morgan fingerprint density at radius 2 is 2.15 bits per heavy atom. The summed E-state index contributed by atoms with van der Waals surface area (Å²) in [4.78, 5) is 0. The molecule has 0 heterocycles. The molecule has 3 nitrogen and oxygen atoms in total. The Kier molecular flexibility index (Phi) is 5.37. The Bertz CT molecular complexity index is 574. The van der Waals surface area contributed by atoms with Gasteiger partial charge in [0.15, 0.2) is 0 Å². The van der Waals surface area contributed by atoms with E-state index in [0.717, 1.165) is 30.6 Å². The maximum absolute atomic E-state index is 11.7. The van der Waals surface area contributed by atoms with Gasteiger partial charge in [0.25, 0.3) is 0 Å². The van der Waals surface area contributed by atoms with Gasteiger partial charge in [-0.2, -0.15) is 0 Å². The van der Waals surface area contributed by atoms with Crippen LogP contribution in [0.4, 0.5) is 0 Å². The molecule has 6 heteroatoms. The third-order valence-corrected chi connectivity index (χ3v) is 6.24. The minimum Gasteiger partial charge on any atom is -0.490 e. The van der Waals surface area contributed by atoms with Crippen molar-refractivity contribution < 1.29 is 13.2 Å². The second kappa shape index (κ2) is 6.67. The first-order chi connectivity index (χ1) is 9.41. The van der Waals surface area contributed by atoms with Crippen molar-refractivity contribution in [3.05, 3.63) is 28.8 Å². The van der Waals surface area contributed by atoms with Crippen molar-refractivity contribution in [3.63, 3.8) is 0 Å². The van der Waals surface area contributed by atoms with Crippen LogP contribution >= 0.6 is 27.5 Å². The van der Waals surface area contributed by atoms with E-state index in [1.807, 2.05) is 18.2 Å². The highest BCUT2D eigenvalue weighted by atomic mass is 79.9. The second-order valence-corrected chi connectivity index (χ2v) is 8.50. The van der Waals surface area contributed by atoms with E-state index in [9.17, 15) is 8.42 Å². The van der Waals surface area contributed by atoms with Crippen LogP contribution in [0.1, 0.15) is 31.2 Å². The van der Waals surface area contributed by atoms with Crippen molar-refractivity contribution in [3.8, 4) is 5.75 Å². The Morgan fingerprint density at radius 3 is 2.80 bits per heavy atom. The van der Waals surface area contributed by atoms with Crippen LogP contribution in [0.25, 0.3) is 0 Å². The molecular weight excluding hydrogens is 364 g/mol.